The topological polar surface area (TPSA) is 140 Å². The van der Waals surface area contributed by atoms with Crippen molar-refractivity contribution in [1.82, 2.24) is 25.8 Å². The van der Waals surface area contributed by atoms with Gasteiger partial charge in [0.25, 0.3) is 0 Å². The van der Waals surface area contributed by atoms with Gasteiger partial charge < -0.3 is 25.4 Å². The van der Waals surface area contributed by atoms with Crippen LogP contribution in [0.3, 0.4) is 0 Å². The molecule has 0 saturated carbocycles. The molecule has 2 aromatic rings. The van der Waals surface area contributed by atoms with Crippen LogP contribution >= 0.6 is 0 Å². The average molecular weight is 552 g/mol. The Kier molecular flexibility index (Phi) is 11.5. The Morgan fingerprint density at radius 1 is 1.05 bits per heavy atom. The van der Waals surface area contributed by atoms with E-state index in [1.165, 1.54) is 11.1 Å². The second-order valence-corrected chi connectivity index (χ2v) is 9.45. The molecular weight excluding hydrogens is 514 g/mol. The molecule has 1 aliphatic heterocycles. The van der Waals surface area contributed by atoms with Gasteiger partial charge >= 0.3 is 18.1 Å². The zero-order chi connectivity index (χ0) is 28.9. The number of amides is 4. The summed E-state index contributed by atoms with van der Waals surface area (Å²) in [5, 5.41) is 17.7. The van der Waals surface area contributed by atoms with E-state index < -0.39 is 42.8 Å². The second kappa shape index (κ2) is 15.3. The van der Waals surface area contributed by atoms with Crippen LogP contribution in [-0.4, -0.2) is 77.8 Å². The highest BCUT2D eigenvalue weighted by Crippen LogP contribution is 2.26. The Morgan fingerprint density at radius 3 is 2.25 bits per heavy atom. The number of ether oxygens (including phenoxy) is 1. The maximum atomic E-state index is 12.9. The number of unbranched alkanes of at least 4 members (excludes halogenated alkanes) is 1. The molecule has 2 aromatic carbocycles. The zero-order valence-corrected chi connectivity index (χ0v) is 22.8. The first-order chi connectivity index (χ1) is 19.3. The van der Waals surface area contributed by atoms with E-state index in [9.17, 15) is 24.3 Å². The summed E-state index contributed by atoms with van der Waals surface area (Å²) in [5.74, 6) is -1.64. The van der Waals surface area contributed by atoms with Gasteiger partial charge in [0, 0.05) is 19.3 Å². The number of aliphatic carboxylic acids is 1. The van der Waals surface area contributed by atoms with Gasteiger partial charge in [0.15, 0.2) is 6.10 Å². The number of rotatable bonds is 14. The fourth-order valence-electron chi connectivity index (χ4n) is 4.15. The number of hydrogen-bond acceptors (Lipinski definition) is 6. The van der Waals surface area contributed by atoms with Crippen LogP contribution < -0.4 is 16.0 Å². The average Bonchev–Trinajstić information content (AvgIpc) is 2.94. The second-order valence-electron chi connectivity index (χ2n) is 9.45. The molecule has 1 aliphatic rings. The summed E-state index contributed by atoms with van der Waals surface area (Å²) in [6.45, 7) is 4.38. The zero-order valence-electron chi connectivity index (χ0n) is 22.8. The molecule has 1 atom stereocenters. The SMILES string of the molecule is CCCCNCCN(CC(=O)O)C(=O)CN1C=C(C)C(NC(=O)OC(c2ccccc2)c2ccccc2)NC1=O. The summed E-state index contributed by atoms with van der Waals surface area (Å²) in [5.41, 5.74) is 2.14. The third-order valence-electron chi connectivity index (χ3n) is 6.29. The van der Waals surface area contributed by atoms with Gasteiger partial charge in [-0.2, -0.15) is 0 Å². The molecule has 11 nitrogen and oxygen atoms in total. The molecule has 0 radical (unpaired) electrons. The van der Waals surface area contributed by atoms with Gasteiger partial charge in [-0.1, -0.05) is 74.0 Å². The molecule has 0 spiro atoms. The molecule has 1 unspecified atom stereocenters. The molecule has 0 bridgehead atoms. The number of carboxylic acid groups (broad SMARTS) is 1. The number of urea groups is 1. The van der Waals surface area contributed by atoms with Crippen LogP contribution in [0.5, 0.6) is 0 Å². The summed E-state index contributed by atoms with van der Waals surface area (Å²) in [6.07, 6.45) is 1.23. The quantitative estimate of drug-likeness (QED) is 0.265. The first-order valence-corrected chi connectivity index (χ1v) is 13.3. The van der Waals surface area contributed by atoms with E-state index in [1.54, 1.807) is 6.92 Å². The van der Waals surface area contributed by atoms with Crippen molar-refractivity contribution in [3.8, 4) is 0 Å². The number of alkyl carbamates (subject to hydrolysis) is 1. The number of nitrogens with one attached hydrogen (secondary N) is 3. The van der Waals surface area contributed by atoms with E-state index in [0.717, 1.165) is 35.4 Å². The predicted octanol–water partition coefficient (Wildman–Crippen LogP) is 3.06. The van der Waals surface area contributed by atoms with Crippen molar-refractivity contribution >= 4 is 24.0 Å². The molecule has 4 amide bonds. The maximum Gasteiger partial charge on any atom is 0.409 e. The molecule has 40 heavy (non-hydrogen) atoms. The Hall–Kier alpha value is -4.38. The van der Waals surface area contributed by atoms with Crippen molar-refractivity contribution in [3.63, 3.8) is 0 Å². The van der Waals surface area contributed by atoms with Crippen LogP contribution in [0.4, 0.5) is 9.59 Å². The Balaban J connectivity index is 1.61. The van der Waals surface area contributed by atoms with Gasteiger partial charge in [0.05, 0.1) is 0 Å². The highest BCUT2D eigenvalue weighted by molar-refractivity contribution is 5.88. The van der Waals surface area contributed by atoms with Crippen molar-refractivity contribution in [2.45, 2.75) is 39.0 Å². The molecule has 0 fully saturated rings. The number of carboxylic acids is 1. The number of hydrogen-bond donors (Lipinski definition) is 4. The van der Waals surface area contributed by atoms with Crippen molar-refractivity contribution in [3.05, 3.63) is 83.6 Å². The van der Waals surface area contributed by atoms with Crippen molar-refractivity contribution in [2.75, 3.05) is 32.7 Å². The first-order valence-electron chi connectivity index (χ1n) is 13.3. The fourth-order valence-corrected chi connectivity index (χ4v) is 4.15. The third kappa shape index (κ3) is 9.12. The minimum Gasteiger partial charge on any atom is -0.480 e. The normalized spacial score (nSPS) is 14.8. The van der Waals surface area contributed by atoms with Gasteiger partial charge in [-0.05, 0) is 36.6 Å². The lowest BCUT2D eigenvalue weighted by Gasteiger charge is -2.32. The van der Waals surface area contributed by atoms with Crippen molar-refractivity contribution in [2.24, 2.45) is 0 Å². The number of carbonyl (C=O) groups excluding carboxylic acids is 3. The molecule has 0 aromatic heterocycles. The molecule has 4 N–H and O–H groups in total. The van der Waals surface area contributed by atoms with E-state index in [4.69, 9.17) is 4.74 Å². The van der Waals surface area contributed by atoms with Crippen LogP contribution in [0.1, 0.15) is 43.9 Å². The first kappa shape index (κ1) is 30.2. The van der Waals surface area contributed by atoms with Crippen molar-refractivity contribution in [1.29, 1.82) is 0 Å². The lowest BCUT2D eigenvalue weighted by molar-refractivity contribution is -0.144. The highest BCUT2D eigenvalue weighted by Gasteiger charge is 2.30. The van der Waals surface area contributed by atoms with Crippen LogP contribution in [0.15, 0.2) is 72.4 Å². The van der Waals surface area contributed by atoms with Gasteiger partial charge in [0.2, 0.25) is 5.91 Å². The van der Waals surface area contributed by atoms with Gasteiger partial charge in [-0.3, -0.25) is 19.8 Å². The van der Waals surface area contributed by atoms with Gasteiger partial charge in [0.1, 0.15) is 19.3 Å². The molecule has 0 aliphatic carbocycles. The third-order valence-corrected chi connectivity index (χ3v) is 6.29. The van der Waals surface area contributed by atoms with Crippen LogP contribution in [0, 0.1) is 0 Å². The van der Waals surface area contributed by atoms with E-state index in [0.29, 0.717) is 12.1 Å². The van der Waals surface area contributed by atoms with Crippen LogP contribution in [0.2, 0.25) is 0 Å². The molecule has 3 rings (SSSR count). The Bertz CT molecular complexity index is 1130. The summed E-state index contributed by atoms with van der Waals surface area (Å²) >= 11 is 0. The summed E-state index contributed by atoms with van der Waals surface area (Å²) in [4.78, 5) is 52.2. The number of nitrogens with zero attached hydrogens (tertiary/aromatic N) is 2. The molecule has 1 heterocycles. The smallest absolute Gasteiger partial charge is 0.409 e. The lowest BCUT2D eigenvalue weighted by Crippen LogP contribution is -2.57. The van der Waals surface area contributed by atoms with Crippen molar-refractivity contribution < 1.29 is 29.0 Å². The summed E-state index contributed by atoms with van der Waals surface area (Å²) in [7, 11) is 0. The van der Waals surface area contributed by atoms with Gasteiger partial charge in [-0.15, -0.1) is 0 Å². The highest BCUT2D eigenvalue weighted by atomic mass is 16.6. The maximum absolute atomic E-state index is 12.9. The fraction of sp³-hybridized carbons (Fsp3) is 0.379. The van der Waals surface area contributed by atoms with Crippen LogP contribution in [-0.2, 0) is 14.3 Å². The van der Waals surface area contributed by atoms with E-state index >= 15 is 0 Å². The van der Waals surface area contributed by atoms with E-state index in [1.807, 2.05) is 60.7 Å². The minimum atomic E-state index is -1.14. The monoisotopic (exact) mass is 551 g/mol. The molecule has 0 saturated heterocycles. The number of carbonyl (C=O) groups is 4. The van der Waals surface area contributed by atoms with E-state index in [-0.39, 0.29) is 13.1 Å². The summed E-state index contributed by atoms with van der Waals surface area (Å²) in [6, 6.07) is 18.0. The lowest BCUT2D eigenvalue weighted by atomic mass is 10.0. The largest absolute Gasteiger partial charge is 0.480 e. The Morgan fingerprint density at radius 2 is 1.68 bits per heavy atom. The minimum absolute atomic E-state index is 0.201. The van der Waals surface area contributed by atoms with Crippen LogP contribution in [0.25, 0.3) is 0 Å². The number of benzene rings is 2. The predicted molar refractivity (Wildman–Crippen MR) is 149 cm³/mol. The summed E-state index contributed by atoms with van der Waals surface area (Å²) < 4.78 is 5.77. The molecule has 214 valence electrons. The van der Waals surface area contributed by atoms with E-state index in [2.05, 4.69) is 22.9 Å². The Labute approximate surface area is 234 Å². The molecular formula is C29H37N5O6. The van der Waals surface area contributed by atoms with Gasteiger partial charge in [-0.25, -0.2) is 9.59 Å². The standard InChI is InChI=1S/C29H37N5O6/c1-3-4-15-30-16-17-33(20-25(36)37)24(35)19-34-18-21(2)27(31-28(34)38)32-29(39)40-26(22-11-7-5-8-12-22)23-13-9-6-10-14-23/h5-14,18,26-27,30H,3-4,15-17,19-20H2,1-2H3,(H,31,38)(H,32,39)(H,36,37). The molecule has 11 heteroatoms.